The van der Waals surface area contributed by atoms with Gasteiger partial charge in [0.1, 0.15) is 12.4 Å². The van der Waals surface area contributed by atoms with Gasteiger partial charge in [-0.2, -0.15) is 0 Å². The molecule has 0 amide bonds. The highest BCUT2D eigenvalue weighted by atomic mass is 79.9. The van der Waals surface area contributed by atoms with E-state index in [0.717, 1.165) is 15.8 Å². The molecule has 1 atom stereocenters. The van der Waals surface area contributed by atoms with Crippen LogP contribution in [0.3, 0.4) is 0 Å². The van der Waals surface area contributed by atoms with Crippen molar-refractivity contribution in [2.75, 3.05) is 20.3 Å². The highest BCUT2D eigenvalue weighted by Gasteiger charge is 2.24. The molecular formula is C14H21BrO3. The van der Waals surface area contributed by atoms with Crippen LogP contribution in [0.5, 0.6) is 5.75 Å². The maximum atomic E-state index is 10.2. The zero-order chi connectivity index (χ0) is 13.8. The minimum absolute atomic E-state index is 0.183. The molecule has 0 fully saturated rings. The summed E-state index contributed by atoms with van der Waals surface area (Å²) in [6, 6.07) is 5.66. The highest BCUT2D eigenvalue weighted by Crippen LogP contribution is 2.36. The van der Waals surface area contributed by atoms with Crippen molar-refractivity contribution in [2.24, 2.45) is 5.41 Å². The summed E-state index contributed by atoms with van der Waals surface area (Å²) in [5, 5.41) is 10.2. The largest absolute Gasteiger partial charge is 0.490 e. The molecule has 0 spiro atoms. The van der Waals surface area contributed by atoms with Crippen LogP contribution in [-0.2, 0) is 4.74 Å². The van der Waals surface area contributed by atoms with Gasteiger partial charge in [0.05, 0.1) is 17.2 Å². The summed E-state index contributed by atoms with van der Waals surface area (Å²) in [7, 11) is 1.64. The first-order chi connectivity index (χ1) is 8.36. The molecule has 0 aliphatic rings. The van der Waals surface area contributed by atoms with Gasteiger partial charge in [0.25, 0.3) is 0 Å². The minimum Gasteiger partial charge on any atom is -0.490 e. The van der Waals surface area contributed by atoms with Crippen LogP contribution in [0.2, 0.25) is 0 Å². The Morgan fingerprint density at radius 2 is 1.94 bits per heavy atom. The Hall–Kier alpha value is -0.580. The molecule has 4 heteroatoms. The molecule has 18 heavy (non-hydrogen) atoms. The SMILES string of the molecule is COCCOc1ccc(C(O)C(C)(C)C)cc1Br. The lowest BCUT2D eigenvalue weighted by atomic mass is 9.85. The van der Waals surface area contributed by atoms with E-state index in [2.05, 4.69) is 15.9 Å². The van der Waals surface area contributed by atoms with Crippen LogP contribution < -0.4 is 4.74 Å². The summed E-state index contributed by atoms with van der Waals surface area (Å²) >= 11 is 3.46. The molecule has 0 aliphatic heterocycles. The van der Waals surface area contributed by atoms with Crippen LogP contribution >= 0.6 is 15.9 Å². The fourth-order valence-corrected chi connectivity index (χ4v) is 2.05. The van der Waals surface area contributed by atoms with Gasteiger partial charge < -0.3 is 14.6 Å². The van der Waals surface area contributed by atoms with E-state index in [1.807, 2.05) is 39.0 Å². The number of hydrogen-bond donors (Lipinski definition) is 1. The highest BCUT2D eigenvalue weighted by molar-refractivity contribution is 9.10. The van der Waals surface area contributed by atoms with E-state index in [4.69, 9.17) is 9.47 Å². The smallest absolute Gasteiger partial charge is 0.133 e. The Balaban J connectivity index is 2.79. The fraction of sp³-hybridized carbons (Fsp3) is 0.571. The van der Waals surface area contributed by atoms with E-state index in [1.165, 1.54) is 0 Å². The third-order valence-electron chi connectivity index (χ3n) is 2.64. The number of aliphatic hydroxyl groups excluding tert-OH is 1. The van der Waals surface area contributed by atoms with Crippen LogP contribution in [0, 0.1) is 5.41 Å². The van der Waals surface area contributed by atoms with E-state index in [1.54, 1.807) is 7.11 Å². The molecular weight excluding hydrogens is 296 g/mol. The quantitative estimate of drug-likeness (QED) is 0.844. The van der Waals surface area contributed by atoms with E-state index in [-0.39, 0.29) is 5.41 Å². The lowest BCUT2D eigenvalue weighted by molar-refractivity contribution is 0.0625. The van der Waals surface area contributed by atoms with Crippen LogP contribution in [0.4, 0.5) is 0 Å². The van der Waals surface area contributed by atoms with E-state index >= 15 is 0 Å². The standard InChI is InChI=1S/C14H21BrO3/c1-14(2,3)13(16)10-5-6-12(11(15)9-10)18-8-7-17-4/h5-6,9,13,16H,7-8H2,1-4H3. The first kappa shape index (κ1) is 15.5. The predicted molar refractivity (Wildman–Crippen MR) is 75.9 cm³/mol. The summed E-state index contributed by atoms with van der Waals surface area (Å²) < 4.78 is 11.3. The number of benzene rings is 1. The minimum atomic E-state index is -0.498. The Morgan fingerprint density at radius 1 is 1.28 bits per heavy atom. The average Bonchev–Trinajstić information content (AvgIpc) is 2.29. The van der Waals surface area contributed by atoms with Crippen molar-refractivity contribution in [1.82, 2.24) is 0 Å². The van der Waals surface area contributed by atoms with Crippen LogP contribution in [0.1, 0.15) is 32.4 Å². The van der Waals surface area contributed by atoms with Crippen molar-refractivity contribution in [3.05, 3.63) is 28.2 Å². The van der Waals surface area contributed by atoms with Crippen molar-refractivity contribution in [3.8, 4) is 5.75 Å². The van der Waals surface area contributed by atoms with Crippen LogP contribution in [0.25, 0.3) is 0 Å². The van der Waals surface area contributed by atoms with E-state index in [0.29, 0.717) is 13.2 Å². The second-order valence-corrected chi connectivity index (χ2v) is 6.15. The molecule has 0 saturated carbocycles. The molecule has 1 aromatic rings. The molecule has 0 heterocycles. The zero-order valence-electron chi connectivity index (χ0n) is 11.4. The van der Waals surface area contributed by atoms with Crippen molar-refractivity contribution >= 4 is 15.9 Å². The predicted octanol–water partition coefficient (Wildman–Crippen LogP) is 3.55. The van der Waals surface area contributed by atoms with Crippen molar-refractivity contribution in [2.45, 2.75) is 26.9 Å². The third-order valence-corrected chi connectivity index (χ3v) is 3.26. The molecule has 1 aromatic carbocycles. The fourth-order valence-electron chi connectivity index (χ4n) is 1.54. The molecule has 0 aliphatic carbocycles. The second kappa shape index (κ2) is 6.55. The van der Waals surface area contributed by atoms with Gasteiger partial charge >= 0.3 is 0 Å². The molecule has 1 N–H and O–H groups in total. The Bertz CT molecular complexity index is 385. The summed E-state index contributed by atoms with van der Waals surface area (Å²) in [5.41, 5.74) is 0.700. The van der Waals surface area contributed by atoms with Crippen molar-refractivity contribution in [3.63, 3.8) is 0 Å². The van der Waals surface area contributed by atoms with Gasteiger partial charge in [-0.05, 0) is 39.0 Å². The topological polar surface area (TPSA) is 38.7 Å². The summed E-state index contributed by atoms with van der Waals surface area (Å²) in [5.74, 6) is 0.761. The molecule has 3 nitrogen and oxygen atoms in total. The number of aliphatic hydroxyl groups is 1. The molecule has 0 radical (unpaired) electrons. The Labute approximate surface area is 117 Å². The molecule has 1 unspecified atom stereocenters. The van der Waals surface area contributed by atoms with Gasteiger partial charge in [-0.1, -0.05) is 26.8 Å². The van der Waals surface area contributed by atoms with Crippen LogP contribution in [0.15, 0.2) is 22.7 Å². The first-order valence-electron chi connectivity index (χ1n) is 5.95. The maximum Gasteiger partial charge on any atom is 0.133 e. The second-order valence-electron chi connectivity index (χ2n) is 5.30. The molecule has 0 saturated heterocycles. The van der Waals surface area contributed by atoms with Crippen molar-refractivity contribution < 1.29 is 14.6 Å². The number of halogens is 1. The summed E-state index contributed by atoms with van der Waals surface area (Å²) in [4.78, 5) is 0. The Morgan fingerprint density at radius 3 is 2.44 bits per heavy atom. The number of hydrogen-bond acceptors (Lipinski definition) is 3. The summed E-state index contributed by atoms with van der Waals surface area (Å²) in [6.07, 6.45) is -0.498. The molecule has 0 bridgehead atoms. The monoisotopic (exact) mass is 316 g/mol. The van der Waals surface area contributed by atoms with E-state index < -0.39 is 6.10 Å². The number of rotatable bonds is 5. The van der Waals surface area contributed by atoms with Crippen LogP contribution in [-0.4, -0.2) is 25.4 Å². The lowest BCUT2D eigenvalue weighted by Gasteiger charge is -2.26. The Kier molecular flexibility index (Phi) is 5.63. The normalized spacial score (nSPS) is 13.4. The van der Waals surface area contributed by atoms with Gasteiger partial charge in [0, 0.05) is 7.11 Å². The molecule has 1 rings (SSSR count). The lowest BCUT2D eigenvalue weighted by Crippen LogP contribution is -2.17. The van der Waals surface area contributed by atoms with Gasteiger partial charge in [-0.25, -0.2) is 0 Å². The number of methoxy groups -OCH3 is 1. The van der Waals surface area contributed by atoms with Gasteiger partial charge in [0.15, 0.2) is 0 Å². The van der Waals surface area contributed by atoms with Gasteiger partial charge in [0.2, 0.25) is 0 Å². The first-order valence-corrected chi connectivity index (χ1v) is 6.75. The van der Waals surface area contributed by atoms with Crippen molar-refractivity contribution in [1.29, 1.82) is 0 Å². The van der Waals surface area contributed by atoms with Gasteiger partial charge in [-0.15, -0.1) is 0 Å². The molecule has 0 aromatic heterocycles. The zero-order valence-corrected chi connectivity index (χ0v) is 13.0. The maximum absolute atomic E-state index is 10.2. The summed E-state index contributed by atoms with van der Waals surface area (Å²) in [6.45, 7) is 7.09. The number of ether oxygens (including phenoxy) is 2. The molecule has 102 valence electrons. The third kappa shape index (κ3) is 4.26. The van der Waals surface area contributed by atoms with E-state index in [9.17, 15) is 5.11 Å². The van der Waals surface area contributed by atoms with Gasteiger partial charge in [-0.3, -0.25) is 0 Å². The average molecular weight is 317 g/mol.